The molecule has 3 heterocycles. The van der Waals surface area contributed by atoms with Crippen molar-refractivity contribution in [3.63, 3.8) is 0 Å². The van der Waals surface area contributed by atoms with Crippen LogP contribution in [0.4, 0.5) is 17.3 Å². The van der Waals surface area contributed by atoms with Crippen LogP contribution in [-0.4, -0.2) is 70.4 Å². The molecule has 0 unspecified atom stereocenters. The molecule has 14 heteroatoms. The van der Waals surface area contributed by atoms with E-state index in [1.807, 2.05) is 25.1 Å². The fourth-order valence-corrected chi connectivity index (χ4v) is 7.08. The molecule has 6 rings (SSSR count). The number of morpholine rings is 1. The molecule has 45 heavy (non-hydrogen) atoms. The maximum Gasteiger partial charge on any atom is 0.269 e. The number of hydrogen-bond acceptors (Lipinski definition) is 11. The minimum atomic E-state index is -4.07. The van der Waals surface area contributed by atoms with E-state index in [1.54, 1.807) is 31.4 Å². The number of fused-ring (bicyclic) bond motifs is 1. The highest BCUT2D eigenvalue weighted by Gasteiger charge is 2.25. The van der Waals surface area contributed by atoms with Crippen molar-refractivity contribution >= 4 is 48.2 Å². The number of nitrogens with one attached hydrogen (secondary N) is 1. The van der Waals surface area contributed by atoms with Crippen molar-refractivity contribution < 1.29 is 31.0 Å². The van der Waals surface area contributed by atoms with Crippen LogP contribution in [0.25, 0.3) is 11.0 Å². The summed E-state index contributed by atoms with van der Waals surface area (Å²) in [5.74, 6) is 0.508. The summed E-state index contributed by atoms with van der Waals surface area (Å²) in [6.45, 7) is 4.63. The smallest absolute Gasteiger partial charge is 0.269 e. The summed E-state index contributed by atoms with van der Waals surface area (Å²) in [6.07, 6.45) is 2.45. The Morgan fingerprint density at radius 3 is 2.33 bits per heavy atom. The first-order valence-corrected chi connectivity index (χ1v) is 17.3. The molecule has 234 valence electrons. The van der Waals surface area contributed by atoms with Gasteiger partial charge in [-0.25, -0.2) is 20.8 Å². The van der Waals surface area contributed by atoms with Gasteiger partial charge in [0.2, 0.25) is 11.8 Å². The van der Waals surface area contributed by atoms with Gasteiger partial charge in [0.25, 0.3) is 10.0 Å². The first-order chi connectivity index (χ1) is 21.5. The van der Waals surface area contributed by atoms with E-state index in [0.29, 0.717) is 24.7 Å². The second-order valence-corrected chi connectivity index (χ2v) is 14.2. The van der Waals surface area contributed by atoms with Crippen LogP contribution in [0.3, 0.4) is 0 Å². The molecule has 1 aliphatic heterocycles. The highest BCUT2D eigenvalue weighted by atomic mass is 32.2. The fourth-order valence-electron chi connectivity index (χ4n) is 4.98. The predicted molar refractivity (Wildman–Crippen MR) is 170 cm³/mol. The molecule has 0 aliphatic carbocycles. The third kappa shape index (κ3) is 6.16. The number of aromatic nitrogens is 3. The predicted octanol–water partition coefficient (Wildman–Crippen LogP) is 4.76. The zero-order chi connectivity index (χ0) is 31.8. The summed E-state index contributed by atoms with van der Waals surface area (Å²) in [4.78, 5) is 11.4. The van der Waals surface area contributed by atoms with Crippen molar-refractivity contribution in [3.8, 4) is 17.4 Å². The highest BCUT2D eigenvalue weighted by Crippen LogP contribution is 2.36. The van der Waals surface area contributed by atoms with E-state index in [2.05, 4.69) is 20.2 Å². The summed E-state index contributed by atoms with van der Waals surface area (Å²) in [7, 11) is -6.19. The number of ether oxygens (including phenoxy) is 3. The maximum absolute atomic E-state index is 13.8. The summed E-state index contributed by atoms with van der Waals surface area (Å²) in [5.41, 5.74) is 2.42. The van der Waals surface area contributed by atoms with Crippen LogP contribution in [0.5, 0.6) is 17.4 Å². The third-order valence-electron chi connectivity index (χ3n) is 7.32. The van der Waals surface area contributed by atoms with Gasteiger partial charge < -0.3 is 24.4 Å². The summed E-state index contributed by atoms with van der Waals surface area (Å²) < 4.78 is 70.8. The molecular formula is C31H31N5O7S2. The Morgan fingerprint density at radius 2 is 1.62 bits per heavy atom. The van der Waals surface area contributed by atoms with E-state index < -0.39 is 19.9 Å². The van der Waals surface area contributed by atoms with Gasteiger partial charge in [0.15, 0.2) is 15.5 Å². The average molecular weight is 650 g/mol. The standard InChI is InChI=1S/C31H31N5O7S2/c1-21-8-11-23(12-9-21)45(39,40)36-15-14-24-29(36)33-31(34-30(24)43-26-6-4-5-7-28(26)44(3,37)38)32-25-13-10-22(20-27(25)41-2)35-16-18-42-19-17-35/h4-15,20H,16-19H2,1-3H3,(H,32,33,34). The first kappa shape index (κ1) is 30.4. The molecule has 0 amide bonds. The van der Waals surface area contributed by atoms with Crippen molar-refractivity contribution in [1.29, 1.82) is 0 Å². The molecule has 1 saturated heterocycles. The molecule has 3 aromatic carbocycles. The van der Waals surface area contributed by atoms with Crippen LogP contribution in [-0.2, 0) is 24.6 Å². The molecule has 1 N–H and O–H groups in total. The Bertz CT molecular complexity index is 2090. The largest absolute Gasteiger partial charge is 0.494 e. The van der Waals surface area contributed by atoms with E-state index in [4.69, 9.17) is 14.2 Å². The summed E-state index contributed by atoms with van der Waals surface area (Å²) in [5, 5.41) is 3.39. The molecule has 2 aromatic heterocycles. The first-order valence-electron chi connectivity index (χ1n) is 14.0. The molecule has 1 fully saturated rings. The number of nitrogens with zero attached hydrogens (tertiary/aromatic N) is 4. The van der Waals surface area contributed by atoms with Crippen LogP contribution in [0.1, 0.15) is 5.56 Å². The normalized spacial score (nSPS) is 14.0. The Labute approximate surface area is 261 Å². The van der Waals surface area contributed by atoms with Gasteiger partial charge in [0.1, 0.15) is 16.4 Å². The number of hydrogen-bond donors (Lipinski definition) is 1. The monoisotopic (exact) mass is 649 g/mol. The van der Waals surface area contributed by atoms with Gasteiger partial charge >= 0.3 is 0 Å². The maximum atomic E-state index is 13.8. The zero-order valence-electron chi connectivity index (χ0n) is 24.8. The topological polar surface area (TPSA) is 142 Å². The van der Waals surface area contributed by atoms with E-state index in [0.717, 1.165) is 34.6 Å². The minimum absolute atomic E-state index is 0.00538. The van der Waals surface area contributed by atoms with Gasteiger partial charge in [-0.1, -0.05) is 29.8 Å². The van der Waals surface area contributed by atoms with Gasteiger partial charge in [0.05, 0.1) is 36.3 Å². The Hall–Kier alpha value is -4.66. The molecule has 0 spiro atoms. The number of sulfone groups is 1. The number of para-hydroxylation sites is 1. The van der Waals surface area contributed by atoms with E-state index in [-0.39, 0.29) is 38.4 Å². The van der Waals surface area contributed by atoms with Gasteiger partial charge in [-0.2, -0.15) is 9.97 Å². The number of rotatable bonds is 9. The van der Waals surface area contributed by atoms with Crippen molar-refractivity contribution in [2.75, 3.05) is 49.9 Å². The number of methoxy groups -OCH3 is 1. The SMILES string of the molecule is COc1cc(N2CCOCC2)ccc1Nc1nc(Oc2ccccc2S(C)(=O)=O)c2ccn(S(=O)(=O)c3ccc(C)cc3)c2n1. The van der Waals surface area contributed by atoms with E-state index >= 15 is 0 Å². The lowest BCUT2D eigenvalue weighted by Gasteiger charge is -2.29. The second kappa shape index (κ2) is 12.0. The summed E-state index contributed by atoms with van der Waals surface area (Å²) in [6, 6.07) is 19.8. The highest BCUT2D eigenvalue weighted by molar-refractivity contribution is 7.91. The number of anilines is 3. The third-order valence-corrected chi connectivity index (χ3v) is 10.1. The Kier molecular flexibility index (Phi) is 8.12. The number of aryl methyl sites for hydroxylation is 1. The molecule has 1 aliphatic rings. The van der Waals surface area contributed by atoms with Gasteiger partial charge in [-0.3, -0.25) is 0 Å². The molecule has 0 radical (unpaired) electrons. The van der Waals surface area contributed by atoms with Crippen molar-refractivity contribution in [1.82, 2.24) is 13.9 Å². The minimum Gasteiger partial charge on any atom is -0.494 e. The van der Waals surface area contributed by atoms with Gasteiger partial charge in [0, 0.05) is 37.3 Å². The molecule has 12 nitrogen and oxygen atoms in total. The lowest BCUT2D eigenvalue weighted by molar-refractivity contribution is 0.122. The van der Waals surface area contributed by atoms with Crippen LogP contribution >= 0.6 is 0 Å². The molecule has 0 saturated carbocycles. The molecule has 0 bridgehead atoms. The van der Waals surface area contributed by atoms with Crippen LogP contribution < -0.4 is 19.7 Å². The van der Waals surface area contributed by atoms with Gasteiger partial charge in [-0.05, 0) is 49.4 Å². The van der Waals surface area contributed by atoms with E-state index in [9.17, 15) is 16.8 Å². The van der Waals surface area contributed by atoms with E-state index in [1.165, 1.54) is 36.5 Å². The van der Waals surface area contributed by atoms with Crippen LogP contribution in [0.15, 0.2) is 88.8 Å². The lowest BCUT2D eigenvalue weighted by atomic mass is 10.2. The van der Waals surface area contributed by atoms with Crippen molar-refractivity contribution in [3.05, 3.63) is 84.6 Å². The van der Waals surface area contributed by atoms with Crippen molar-refractivity contribution in [2.24, 2.45) is 0 Å². The quantitative estimate of drug-likeness (QED) is 0.236. The van der Waals surface area contributed by atoms with Crippen molar-refractivity contribution in [2.45, 2.75) is 16.7 Å². The molecule has 0 atom stereocenters. The summed E-state index contributed by atoms with van der Waals surface area (Å²) >= 11 is 0. The lowest BCUT2D eigenvalue weighted by Crippen LogP contribution is -2.36. The average Bonchev–Trinajstić information content (AvgIpc) is 3.47. The number of benzene rings is 3. The fraction of sp³-hybridized carbons (Fsp3) is 0.226. The molecular weight excluding hydrogens is 619 g/mol. The van der Waals surface area contributed by atoms with Gasteiger partial charge in [-0.15, -0.1) is 0 Å². The molecule has 5 aromatic rings. The Morgan fingerprint density at radius 1 is 0.889 bits per heavy atom. The van der Waals surface area contributed by atoms with Crippen LogP contribution in [0.2, 0.25) is 0 Å². The zero-order valence-corrected chi connectivity index (χ0v) is 26.4. The second-order valence-electron chi connectivity index (χ2n) is 10.4. The Balaban J connectivity index is 1.47. The van der Waals surface area contributed by atoms with Crippen LogP contribution in [0, 0.1) is 6.92 Å².